The van der Waals surface area contributed by atoms with Crippen LogP contribution in [0.1, 0.15) is 11.1 Å². The highest BCUT2D eigenvalue weighted by atomic mass is 19.1. The smallest absolute Gasteiger partial charge is 0.131 e. The molecule has 1 aromatic rings. The maximum absolute atomic E-state index is 13.1. The van der Waals surface area contributed by atoms with E-state index >= 15 is 0 Å². The van der Waals surface area contributed by atoms with E-state index in [4.69, 9.17) is 10.4 Å². The summed E-state index contributed by atoms with van der Waals surface area (Å²) in [7, 11) is 0. The molecule has 0 radical (unpaired) electrons. The SMILES string of the molecule is N#Cc1ccc(C=CCO)c(F)c1. The van der Waals surface area contributed by atoms with Gasteiger partial charge in [-0.25, -0.2) is 4.39 Å². The fourth-order valence-electron chi connectivity index (χ4n) is 0.912. The van der Waals surface area contributed by atoms with Crippen LogP contribution in [-0.4, -0.2) is 11.7 Å². The Morgan fingerprint density at radius 2 is 2.31 bits per heavy atom. The number of nitriles is 1. The highest BCUT2D eigenvalue weighted by Crippen LogP contribution is 2.11. The van der Waals surface area contributed by atoms with Gasteiger partial charge in [0.1, 0.15) is 5.82 Å². The topological polar surface area (TPSA) is 44.0 Å². The van der Waals surface area contributed by atoms with Gasteiger partial charge >= 0.3 is 0 Å². The van der Waals surface area contributed by atoms with Crippen LogP contribution in [0, 0.1) is 17.1 Å². The summed E-state index contributed by atoms with van der Waals surface area (Å²) in [5, 5.41) is 16.9. The van der Waals surface area contributed by atoms with Crippen molar-refractivity contribution < 1.29 is 9.50 Å². The Bertz CT molecular complexity index is 366. The molecule has 0 aliphatic carbocycles. The van der Waals surface area contributed by atoms with E-state index in [1.165, 1.54) is 24.3 Å². The van der Waals surface area contributed by atoms with E-state index in [1.807, 2.05) is 6.07 Å². The molecule has 0 saturated heterocycles. The van der Waals surface area contributed by atoms with Gasteiger partial charge in [0, 0.05) is 5.56 Å². The molecular weight excluding hydrogens is 169 g/mol. The summed E-state index contributed by atoms with van der Waals surface area (Å²) in [5.74, 6) is -0.455. The molecule has 0 aliphatic heterocycles. The van der Waals surface area contributed by atoms with Crippen LogP contribution in [0.2, 0.25) is 0 Å². The van der Waals surface area contributed by atoms with E-state index in [1.54, 1.807) is 0 Å². The van der Waals surface area contributed by atoms with E-state index in [9.17, 15) is 4.39 Å². The molecule has 0 fully saturated rings. The average Bonchev–Trinajstić information content (AvgIpc) is 2.16. The zero-order chi connectivity index (χ0) is 9.68. The molecule has 1 rings (SSSR count). The molecule has 1 aromatic carbocycles. The summed E-state index contributed by atoms with van der Waals surface area (Å²) in [6.45, 7) is -0.126. The van der Waals surface area contributed by atoms with Crippen LogP contribution in [0.5, 0.6) is 0 Å². The van der Waals surface area contributed by atoms with Crippen molar-refractivity contribution in [3.63, 3.8) is 0 Å². The largest absolute Gasteiger partial charge is 0.392 e. The lowest BCUT2D eigenvalue weighted by Crippen LogP contribution is -1.84. The van der Waals surface area contributed by atoms with Crippen molar-refractivity contribution in [2.24, 2.45) is 0 Å². The minimum atomic E-state index is -0.455. The number of benzene rings is 1. The average molecular weight is 177 g/mol. The van der Waals surface area contributed by atoms with Gasteiger partial charge in [-0.1, -0.05) is 18.2 Å². The zero-order valence-electron chi connectivity index (χ0n) is 6.87. The van der Waals surface area contributed by atoms with Crippen molar-refractivity contribution in [1.29, 1.82) is 5.26 Å². The first-order valence-electron chi connectivity index (χ1n) is 3.75. The quantitative estimate of drug-likeness (QED) is 0.747. The highest BCUT2D eigenvalue weighted by molar-refractivity contribution is 5.51. The molecule has 0 bridgehead atoms. The van der Waals surface area contributed by atoms with Gasteiger partial charge in [0.2, 0.25) is 0 Å². The standard InChI is InChI=1S/C10H8FNO/c11-10-6-8(7-12)3-4-9(10)2-1-5-13/h1-4,6,13H,5H2. The van der Waals surface area contributed by atoms with E-state index in [2.05, 4.69) is 0 Å². The van der Waals surface area contributed by atoms with Crippen LogP contribution in [0.4, 0.5) is 4.39 Å². The Morgan fingerprint density at radius 3 is 2.85 bits per heavy atom. The van der Waals surface area contributed by atoms with Gasteiger partial charge in [-0.2, -0.15) is 5.26 Å². The Hall–Kier alpha value is -1.66. The Kier molecular flexibility index (Phi) is 3.18. The van der Waals surface area contributed by atoms with E-state index in [0.717, 1.165) is 6.07 Å². The van der Waals surface area contributed by atoms with Crippen molar-refractivity contribution in [2.75, 3.05) is 6.61 Å². The predicted octanol–water partition coefficient (Wildman–Crippen LogP) is 1.70. The van der Waals surface area contributed by atoms with Crippen molar-refractivity contribution >= 4 is 6.08 Å². The third-order valence-electron chi connectivity index (χ3n) is 1.53. The first-order chi connectivity index (χ1) is 6.27. The predicted molar refractivity (Wildman–Crippen MR) is 47.2 cm³/mol. The lowest BCUT2D eigenvalue weighted by Gasteiger charge is -1.95. The van der Waals surface area contributed by atoms with E-state index < -0.39 is 5.82 Å². The van der Waals surface area contributed by atoms with Crippen molar-refractivity contribution in [3.8, 4) is 6.07 Å². The first kappa shape index (κ1) is 9.43. The van der Waals surface area contributed by atoms with Crippen LogP contribution >= 0.6 is 0 Å². The number of nitrogens with zero attached hydrogens (tertiary/aromatic N) is 1. The Labute approximate surface area is 75.6 Å². The van der Waals surface area contributed by atoms with Crippen LogP contribution < -0.4 is 0 Å². The number of halogens is 1. The maximum atomic E-state index is 13.1. The maximum Gasteiger partial charge on any atom is 0.131 e. The summed E-state index contributed by atoms with van der Waals surface area (Å²) in [6.07, 6.45) is 2.90. The third-order valence-corrected chi connectivity index (χ3v) is 1.53. The molecule has 0 aliphatic rings. The van der Waals surface area contributed by atoms with Gasteiger partial charge < -0.3 is 5.11 Å². The summed E-state index contributed by atoms with van der Waals surface area (Å²) < 4.78 is 13.1. The monoisotopic (exact) mass is 177 g/mol. The summed E-state index contributed by atoms with van der Waals surface area (Å²) >= 11 is 0. The van der Waals surface area contributed by atoms with Crippen molar-refractivity contribution in [1.82, 2.24) is 0 Å². The number of rotatable bonds is 2. The molecule has 0 spiro atoms. The molecule has 1 N–H and O–H groups in total. The summed E-state index contributed by atoms with van der Waals surface area (Å²) in [4.78, 5) is 0. The molecule has 2 nitrogen and oxygen atoms in total. The molecular formula is C10H8FNO. The molecule has 0 aromatic heterocycles. The third kappa shape index (κ3) is 2.39. The second-order valence-corrected chi connectivity index (χ2v) is 2.43. The lowest BCUT2D eigenvalue weighted by molar-refractivity contribution is 0.343. The minimum absolute atomic E-state index is 0.126. The fraction of sp³-hybridized carbons (Fsp3) is 0.100. The number of hydrogen-bond donors (Lipinski definition) is 1. The second-order valence-electron chi connectivity index (χ2n) is 2.43. The summed E-state index contributed by atoms with van der Waals surface area (Å²) in [6, 6.07) is 6.03. The molecule has 0 saturated carbocycles. The molecule has 0 heterocycles. The van der Waals surface area contributed by atoms with Gasteiger partial charge in [0.05, 0.1) is 18.2 Å². The highest BCUT2D eigenvalue weighted by Gasteiger charge is 1.99. The van der Waals surface area contributed by atoms with E-state index in [0.29, 0.717) is 11.1 Å². The van der Waals surface area contributed by atoms with Crippen molar-refractivity contribution in [3.05, 3.63) is 41.2 Å². The summed E-state index contributed by atoms with van der Waals surface area (Å²) in [5.41, 5.74) is 0.659. The van der Waals surface area contributed by atoms with Gasteiger partial charge in [-0.05, 0) is 12.1 Å². The fourth-order valence-corrected chi connectivity index (χ4v) is 0.912. The second kappa shape index (κ2) is 4.39. The van der Waals surface area contributed by atoms with Crippen LogP contribution in [0.3, 0.4) is 0 Å². The molecule has 13 heavy (non-hydrogen) atoms. The minimum Gasteiger partial charge on any atom is -0.392 e. The number of aliphatic hydroxyl groups is 1. The molecule has 0 unspecified atom stereocenters. The molecule has 0 atom stereocenters. The van der Waals surface area contributed by atoms with Gasteiger partial charge in [0.15, 0.2) is 0 Å². The van der Waals surface area contributed by atoms with E-state index in [-0.39, 0.29) is 6.61 Å². The van der Waals surface area contributed by atoms with Crippen molar-refractivity contribution in [2.45, 2.75) is 0 Å². The number of hydrogen-bond acceptors (Lipinski definition) is 2. The van der Waals surface area contributed by atoms with Crippen LogP contribution in [-0.2, 0) is 0 Å². The lowest BCUT2D eigenvalue weighted by atomic mass is 10.1. The number of aliphatic hydroxyl groups excluding tert-OH is 1. The van der Waals surface area contributed by atoms with Crippen LogP contribution in [0.15, 0.2) is 24.3 Å². The molecule has 66 valence electrons. The Balaban J connectivity index is 3.00. The normalized spacial score (nSPS) is 10.2. The van der Waals surface area contributed by atoms with Crippen LogP contribution in [0.25, 0.3) is 6.08 Å². The van der Waals surface area contributed by atoms with Gasteiger partial charge in [-0.15, -0.1) is 0 Å². The molecule has 3 heteroatoms. The first-order valence-corrected chi connectivity index (χ1v) is 3.75. The molecule has 0 amide bonds. The zero-order valence-corrected chi connectivity index (χ0v) is 6.87. The van der Waals surface area contributed by atoms with Gasteiger partial charge in [-0.3, -0.25) is 0 Å². The van der Waals surface area contributed by atoms with Gasteiger partial charge in [0.25, 0.3) is 0 Å². The Morgan fingerprint density at radius 1 is 1.54 bits per heavy atom.